The monoisotopic (exact) mass is 393 g/mol. The SMILES string of the molecule is CCCOc1ccc(C(=O)NC(=S)Nc2ccc([N+](=O)[O-])cc2Cl)cc1. The number of anilines is 1. The number of carbonyl (C=O) groups excluding carboxylic acids is 1. The zero-order chi connectivity index (χ0) is 19.1. The molecular weight excluding hydrogens is 378 g/mol. The lowest BCUT2D eigenvalue weighted by Crippen LogP contribution is -2.34. The van der Waals surface area contributed by atoms with Gasteiger partial charge >= 0.3 is 0 Å². The lowest BCUT2D eigenvalue weighted by Gasteiger charge is -2.11. The van der Waals surface area contributed by atoms with Gasteiger partial charge in [-0.3, -0.25) is 20.2 Å². The molecule has 0 unspecified atom stereocenters. The number of ether oxygens (including phenoxy) is 1. The lowest BCUT2D eigenvalue weighted by atomic mass is 10.2. The fraction of sp³-hybridized carbons (Fsp3) is 0.176. The van der Waals surface area contributed by atoms with Gasteiger partial charge in [-0.1, -0.05) is 18.5 Å². The first-order valence-electron chi connectivity index (χ1n) is 7.70. The van der Waals surface area contributed by atoms with Crippen LogP contribution < -0.4 is 15.4 Å². The largest absolute Gasteiger partial charge is 0.494 e. The van der Waals surface area contributed by atoms with E-state index in [2.05, 4.69) is 10.6 Å². The summed E-state index contributed by atoms with van der Waals surface area (Å²) < 4.78 is 5.46. The van der Waals surface area contributed by atoms with Crippen molar-refractivity contribution in [2.75, 3.05) is 11.9 Å². The number of nitrogens with one attached hydrogen (secondary N) is 2. The van der Waals surface area contributed by atoms with E-state index in [1.54, 1.807) is 24.3 Å². The first kappa shape index (κ1) is 19.6. The molecule has 1 amide bonds. The molecule has 0 atom stereocenters. The van der Waals surface area contributed by atoms with Crippen LogP contribution in [0, 0.1) is 10.1 Å². The molecule has 136 valence electrons. The van der Waals surface area contributed by atoms with Gasteiger partial charge in [0.15, 0.2) is 5.11 Å². The summed E-state index contributed by atoms with van der Waals surface area (Å²) in [6.45, 7) is 2.61. The maximum atomic E-state index is 12.2. The van der Waals surface area contributed by atoms with Gasteiger partial charge in [0.1, 0.15) is 5.75 Å². The van der Waals surface area contributed by atoms with Crippen LogP contribution in [0.5, 0.6) is 5.75 Å². The number of benzene rings is 2. The third-order valence-electron chi connectivity index (χ3n) is 3.23. The highest BCUT2D eigenvalue weighted by Crippen LogP contribution is 2.26. The van der Waals surface area contributed by atoms with Crippen molar-refractivity contribution in [3.8, 4) is 5.75 Å². The summed E-state index contributed by atoms with van der Waals surface area (Å²) in [4.78, 5) is 22.4. The Morgan fingerprint density at radius 2 is 1.96 bits per heavy atom. The molecule has 0 aliphatic rings. The van der Waals surface area contributed by atoms with Gasteiger partial charge in [-0.2, -0.15) is 0 Å². The maximum absolute atomic E-state index is 12.2. The average molecular weight is 394 g/mol. The molecule has 26 heavy (non-hydrogen) atoms. The van der Waals surface area contributed by atoms with E-state index in [4.69, 9.17) is 28.6 Å². The highest BCUT2D eigenvalue weighted by Gasteiger charge is 2.12. The minimum atomic E-state index is -0.552. The van der Waals surface area contributed by atoms with Crippen molar-refractivity contribution in [2.24, 2.45) is 0 Å². The minimum absolute atomic E-state index is 0.0251. The number of nitrogens with zero attached hydrogens (tertiary/aromatic N) is 1. The van der Waals surface area contributed by atoms with Crippen molar-refractivity contribution in [2.45, 2.75) is 13.3 Å². The second kappa shape index (κ2) is 9.12. The molecule has 0 heterocycles. The van der Waals surface area contributed by atoms with Crippen molar-refractivity contribution >= 4 is 46.2 Å². The van der Waals surface area contributed by atoms with E-state index >= 15 is 0 Å². The quantitative estimate of drug-likeness (QED) is 0.434. The zero-order valence-electron chi connectivity index (χ0n) is 13.8. The van der Waals surface area contributed by atoms with Crippen molar-refractivity contribution in [1.29, 1.82) is 0 Å². The van der Waals surface area contributed by atoms with Crippen LogP contribution in [0.4, 0.5) is 11.4 Å². The molecule has 0 aliphatic heterocycles. The predicted molar refractivity (Wildman–Crippen MR) is 104 cm³/mol. The topological polar surface area (TPSA) is 93.5 Å². The average Bonchev–Trinajstić information content (AvgIpc) is 2.61. The van der Waals surface area contributed by atoms with Crippen molar-refractivity contribution in [3.63, 3.8) is 0 Å². The molecule has 0 saturated carbocycles. The molecule has 2 N–H and O–H groups in total. The second-order valence-electron chi connectivity index (χ2n) is 5.20. The van der Waals surface area contributed by atoms with Crippen molar-refractivity contribution in [1.82, 2.24) is 5.32 Å². The Morgan fingerprint density at radius 1 is 1.27 bits per heavy atom. The minimum Gasteiger partial charge on any atom is -0.494 e. The molecule has 9 heteroatoms. The molecule has 0 aliphatic carbocycles. The van der Waals surface area contributed by atoms with Crippen LogP contribution in [-0.4, -0.2) is 22.5 Å². The number of carbonyl (C=O) groups is 1. The molecule has 7 nitrogen and oxygen atoms in total. The lowest BCUT2D eigenvalue weighted by molar-refractivity contribution is -0.384. The first-order chi connectivity index (χ1) is 12.4. The predicted octanol–water partition coefficient (Wildman–Crippen LogP) is 4.16. The van der Waals surface area contributed by atoms with Crippen molar-refractivity contribution < 1.29 is 14.5 Å². The summed E-state index contributed by atoms with van der Waals surface area (Å²) in [5, 5.41) is 16.1. The molecule has 0 spiro atoms. The molecule has 0 saturated heterocycles. The second-order valence-corrected chi connectivity index (χ2v) is 6.02. The highest BCUT2D eigenvalue weighted by atomic mass is 35.5. The fourth-order valence-electron chi connectivity index (χ4n) is 1.97. The number of hydrogen-bond acceptors (Lipinski definition) is 5. The molecule has 2 aromatic carbocycles. The van der Waals surface area contributed by atoms with E-state index in [-0.39, 0.29) is 15.8 Å². The third kappa shape index (κ3) is 5.40. The molecule has 0 radical (unpaired) electrons. The number of halogens is 1. The number of rotatable bonds is 6. The summed E-state index contributed by atoms with van der Waals surface area (Å²) in [7, 11) is 0. The molecule has 0 bridgehead atoms. The summed E-state index contributed by atoms with van der Waals surface area (Å²) >= 11 is 11.1. The Bertz CT molecular complexity index is 827. The van der Waals surface area contributed by atoms with Crippen LogP contribution in [-0.2, 0) is 0 Å². The van der Waals surface area contributed by atoms with Crippen LogP contribution in [0.1, 0.15) is 23.7 Å². The number of non-ortho nitro benzene ring substituents is 1. The van der Waals surface area contributed by atoms with Gasteiger partial charge in [-0.05, 0) is 49.0 Å². The number of thiocarbonyl (C=S) groups is 1. The number of hydrogen-bond donors (Lipinski definition) is 2. The zero-order valence-corrected chi connectivity index (χ0v) is 15.4. The first-order valence-corrected chi connectivity index (χ1v) is 8.48. The van der Waals surface area contributed by atoms with Gasteiger partial charge in [0.25, 0.3) is 11.6 Å². The molecule has 0 fully saturated rings. The number of nitro benzene ring substituents is 1. The van der Waals surface area contributed by atoms with E-state index < -0.39 is 10.8 Å². The Kier molecular flexibility index (Phi) is 6.88. The van der Waals surface area contributed by atoms with E-state index in [1.807, 2.05) is 6.92 Å². The Morgan fingerprint density at radius 3 is 2.54 bits per heavy atom. The number of amides is 1. The van der Waals surface area contributed by atoms with E-state index in [1.165, 1.54) is 18.2 Å². The van der Waals surface area contributed by atoms with Gasteiger partial charge in [0.2, 0.25) is 0 Å². The van der Waals surface area contributed by atoms with E-state index in [0.29, 0.717) is 23.6 Å². The summed E-state index contributed by atoms with van der Waals surface area (Å²) in [5.74, 6) is 0.282. The summed E-state index contributed by atoms with van der Waals surface area (Å²) in [6, 6.07) is 10.6. The van der Waals surface area contributed by atoms with Crippen LogP contribution in [0.2, 0.25) is 5.02 Å². The third-order valence-corrected chi connectivity index (χ3v) is 3.74. The fourth-order valence-corrected chi connectivity index (χ4v) is 2.39. The standard InChI is InChI=1S/C17H16ClN3O4S/c1-2-9-25-13-6-3-11(4-7-13)16(22)20-17(26)19-15-8-5-12(21(23)24)10-14(15)18/h3-8,10H,2,9H2,1H3,(H2,19,20,22,26). The van der Waals surface area contributed by atoms with Crippen molar-refractivity contribution in [3.05, 3.63) is 63.2 Å². The normalized spacial score (nSPS) is 10.1. The Hall–Kier alpha value is -2.71. The van der Waals surface area contributed by atoms with Crippen LogP contribution >= 0.6 is 23.8 Å². The maximum Gasteiger partial charge on any atom is 0.271 e. The highest BCUT2D eigenvalue weighted by molar-refractivity contribution is 7.80. The molecule has 0 aromatic heterocycles. The van der Waals surface area contributed by atoms with Gasteiger partial charge in [-0.25, -0.2) is 0 Å². The van der Waals surface area contributed by atoms with Gasteiger partial charge in [-0.15, -0.1) is 0 Å². The van der Waals surface area contributed by atoms with E-state index in [9.17, 15) is 14.9 Å². The Labute approximate surface area is 160 Å². The van der Waals surface area contributed by atoms with E-state index in [0.717, 1.165) is 6.42 Å². The molecule has 2 aromatic rings. The number of nitro groups is 1. The van der Waals surface area contributed by atoms with Gasteiger partial charge in [0.05, 0.1) is 22.2 Å². The van der Waals surface area contributed by atoms with Gasteiger partial charge in [0, 0.05) is 17.7 Å². The summed E-state index contributed by atoms with van der Waals surface area (Å²) in [5.41, 5.74) is 0.625. The molecular formula is C17H16ClN3O4S. The smallest absolute Gasteiger partial charge is 0.271 e. The van der Waals surface area contributed by atoms with Crippen LogP contribution in [0.25, 0.3) is 0 Å². The molecule has 2 rings (SSSR count). The summed E-state index contributed by atoms with van der Waals surface area (Å²) in [6.07, 6.45) is 0.896. The van der Waals surface area contributed by atoms with Gasteiger partial charge < -0.3 is 10.1 Å². The van der Waals surface area contributed by atoms with Crippen LogP contribution in [0.3, 0.4) is 0 Å². The van der Waals surface area contributed by atoms with Crippen LogP contribution in [0.15, 0.2) is 42.5 Å². The Balaban J connectivity index is 1.96.